The summed E-state index contributed by atoms with van der Waals surface area (Å²) in [4.78, 5) is 5.75. The van der Waals surface area contributed by atoms with Crippen molar-refractivity contribution in [3.8, 4) is 0 Å². The molecule has 1 nitrogen and oxygen atoms in total. The Hall–Kier alpha value is -1.54. The van der Waals surface area contributed by atoms with E-state index in [1.807, 2.05) is 36.4 Å². The minimum Gasteiger partial charge on any atom is -0.206 e. The zero-order valence-electron chi connectivity index (χ0n) is 12.1. The molecule has 2 aromatic carbocycles. The number of hydrogen-bond acceptors (Lipinski definition) is 2. The largest absolute Gasteiger partial charge is 0.206 e. The van der Waals surface area contributed by atoms with Crippen LogP contribution in [0.2, 0.25) is 19.6 Å². The van der Waals surface area contributed by atoms with E-state index in [-0.39, 0.29) is 0 Å². The Kier molecular flexibility index (Phi) is 5.02. The maximum atomic E-state index is 4.50. The fourth-order valence-corrected chi connectivity index (χ4v) is 4.16. The summed E-state index contributed by atoms with van der Waals surface area (Å²) in [5.74, 6) is 3.29. The summed E-state index contributed by atoms with van der Waals surface area (Å²) in [6.07, 6.45) is 0. The number of rotatable bonds is 4. The molecule has 0 unspecified atom stereocenters. The Bertz CT molecular complexity index is 608. The molecule has 0 heterocycles. The van der Waals surface area contributed by atoms with Crippen molar-refractivity contribution in [2.24, 2.45) is 4.99 Å². The van der Waals surface area contributed by atoms with Gasteiger partial charge in [-0.1, -0.05) is 67.8 Å². The van der Waals surface area contributed by atoms with E-state index in [4.69, 9.17) is 0 Å². The molecule has 0 fully saturated rings. The minimum absolute atomic E-state index is 0.955. The van der Waals surface area contributed by atoms with Gasteiger partial charge in [-0.05, 0) is 30.1 Å². The van der Waals surface area contributed by atoms with Gasteiger partial charge < -0.3 is 0 Å². The quantitative estimate of drug-likeness (QED) is 0.410. The van der Waals surface area contributed by atoms with Gasteiger partial charge in [0.2, 0.25) is 0 Å². The smallest absolute Gasteiger partial charge is 0.0983 e. The highest BCUT2D eigenvalue weighted by molar-refractivity contribution is 8.05. The van der Waals surface area contributed by atoms with E-state index in [1.54, 1.807) is 11.8 Å². The highest BCUT2D eigenvalue weighted by Gasteiger charge is 2.21. The second kappa shape index (κ2) is 6.75. The summed E-state index contributed by atoms with van der Waals surface area (Å²) in [6.45, 7) is 6.98. The molecule has 0 saturated carbocycles. The van der Waals surface area contributed by atoms with Crippen LogP contribution in [0.3, 0.4) is 0 Å². The van der Waals surface area contributed by atoms with Crippen molar-refractivity contribution in [2.45, 2.75) is 24.5 Å². The number of benzene rings is 2. The summed E-state index contributed by atoms with van der Waals surface area (Å²) < 4.78 is 1.27. The molecule has 0 atom stereocenters. The molecule has 20 heavy (non-hydrogen) atoms. The van der Waals surface area contributed by atoms with E-state index in [2.05, 4.69) is 54.8 Å². The molecule has 0 aliphatic rings. The minimum atomic E-state index is -1.45. The topological polar surface area (TPSA) is 12.4 Å². The van der Waals surface area contributed by atoms with Gasteiger partial charge in [-0.3, -0.25) is 0 Å². The Morgan fingerprint density at radius 2 is 1.45 bits per heavy atom. The van der Waals surface area contributed by atoms with Crippen LogP contribution < -0.4 is 0 Å². The van der Waals surface area contributed by atoms with Crippen molar-refractivity contribution in [3.63, 3.8) is 0 Å². The van der Waals surface area contributed by atoms with Crippen LogP contribution in [0.5, 0.6) is 0 Å². The first-order valence-corrected chi connectivity index (χ1v) is 11.0. The molecule has 2 rings (SSSR count). The molecular formula is C17H19NSSi. The van der Waals surface area contributed by atoms with Gasteiger partial charge in [0.25, 0.3) is 0 Å². The molecule has 0 aliphatic carbocycles. The third kappa shape index (κ3) is 4.53. The SMILES string of the molecule is C[Si](C)(C)C(=C=Nc1ccccc1)Sc1ccccc1. The molecule has 0 N–H and O–H groups in total. The Morgan fingerprint density at radius 1 is 0.900 bits per heavy atom. The lowest BCUT2D eigenvalue weighted by Gasteiger charge is -2.17. The highest BCUT2D eigenvalue weighted by atomic mass is 32.2. The van der Waals surface area contributed by atoms with Gasteiger partial charge in [0.05, 0.1) is 13.8 Å². The highest BCUT2D eigenvalue weighted by Crippen LogP contribution is 2.31. The Labute approximate surface area is 126 Å². The van der Waals surface area contributed by atoms with Gasteiger partial charge >= 0.3 is 0 Å². The van der Waals surface area contributed by atoms with Gasteiger partial charge in [0.15, 0.2) is 0 Å². The zero-order chi connectivity index (χ0) is 14.4. The number of nitrogens with zero attached hydrogens (tertiary/aromatic N) is 1. The van der Waals surface area contributed by atoms with Crippen molar-refractivity contribution in [1.82, 2.24) is 0 Å². The Morgan fingerprint density at radius 3 is 2.00 bits per heavy atom. The lowest BCUT2D eigenvalue weighted by atomic mass is 10.3. The van der Waals surface area contributed by atoms with E-state index < -0.39 is 8.07 Å². The zero-order valence-corrected chi connectivity index (χ0v) is 13.9. The fourth-order valence-electron chi connectivity index (χ4n) is 1.57. The average molecular weight is 297 g/mol. The number of para-hydroxylation sites is 1. The van der Waals surface area contributed by atoms with Crippen LogP contribution in [0.4, 0.5) is 5.69 Å². The first kappa shape index (κ1) is 14.9. The van der Waals surface area contributed by atoms with Gasteiger partial charge in [-0.25, -0.2) is 4.99 Å². The van der Waals surface area contributed by atoms with Crippen molar-refractivity contribution in [2.75, 3.05) is 0 Å². The summed E-state index contributed by atoms with van der Waals surface area (Å²) in [5.41, 5.74) is 0.955. The number of aliphatic imine (C=N–C) groups is 1. The molecular weight excluding hydrogens is 278 g/mol. The second-order valence-corrected chi connectivity index (χ2v) is 12.0. The van der Waals surface area contributed by atoms with Crippen LogP contribution in [0.25, 0.3) is 0 Å². The van der Waals surface area contributed by atoms with E-state index in [1.165, 1.54) is 9.42 Å². The van der Waals surface area contributed by atoms with Gasteiger partial charge in [-0.2, -0.15) is 0 Å². The van der Waals surface area contributed by atoms with E-state index in [9.17, 15) is 0 Å². The molecule has 0 aliphatic heterocycles. The van der Waals surface area contributed by atoms with E-state index >= 15 is 0 Å². The van der Waals surface area contributed by atoms with Crippen LogP contribution in [-0.4, -0.2) is 13.9 Å². The third-order valence-electron chi connectivity index (χ3n) is 2.69. The summed E-state index contributed by atoms with van der Waals surface area (Å²) in [6, 6.07) is 20.4. The van der Waals surface area contributed by atoms with Crippen molar-refractivity contribution < 1.29 is 0 Å². The van der Waals surface area contributed by atoms with Crippen molar-refractivity contribution in [3.05, 3.63) is 65.2 Å². The maximum absolute atomic E-state index is 4.50. The van der Waals surface area contributed by atoms with Gasteiger partial charge in [-0.15, -0.1) is 0 Å². The monoisotopic (exact) mass is 297 g/mol. The molecule has 0 spiro atoms. The molecule has 2 aromatic rings. The third-order valence-corrected chi connectivity index (χ3v) is 7.11. The van der Waals surface area contributed by atoms with Crippen molar-refractivity contribution >= 4 is 31.4 Å². The molecule has 102 valence electrons. The molecule has 3 heteroatoms. The number of hydrogen-bond donors (Lipinski definition) is 0. The molecule has 0 radical (unpaired) electrons. The van der Waals surface area contributed by atoms with Crippen molar-refractivity contribution in [1.29, 1.82) is 0 Å². The molecule has 0 saturated heterocycles. The average Bonchev–Trinajstić information content (AvgIpc) is 2.44. The molecule has 0 amide bonds. The summed E-state index contributed by atoms with van der Waals surface area (Å²) in [7, 11) is -1.45. The van der Waals surface area contributed by atoms with E-state index in [0.29, 0.717) is 0 Å². The predicted octanol–water partition coefficient (Wildman–Crippen LogP) is 5.54. The first-order valence-electron chi connectivity index (χ1n) is 6.68. The van der Waals surface area contributed by atoms with Gasteiger partial charge in [0, 0.05) is 9.42 Å². The van der Waals surface area contributed by atoms with Crippen LogP contribution in [0.1, 0.15) is 0 Å². The normalized spacial score (nSPS) is 10.8. The molecule has 0 bridgehead atoms. The second-order valence-electron chi connectivity index (χ2n) is 5.55. The summed E-state index contributed by atoms with van der Waals surface area (Å²) >= 11 is 1.79. The van der Waals surface area contributed by atoms with Gasteiger partial charge in [0.1, 0.15) is 0 Å². The number of thioether (sulfide) groups is 1. The van der Waals surface area contributed by atoms with Crippen LogP contribution >= 0.6 is 11.8 Å². The maximum Gasteiger partial charge on any atom is 0.0983 e. The van der Waals surface area contributed by atoms with Crippen LogP contribution in [0.15, 0.2) is 75.1 Å². The molecule has 0 aromatic heterocycles. The Balaban J connectivity index is 2.31. The first-order chi connectivity index (χ1) is 9.55. The standard InChI is InChI=1S/C17H19NSSi/c1-20(2,3)17(19-16-12-8-5-9-13-16)14-18-15-10-6-4-7-11-15/h4-13H,1-3H3. The van der Waals surface area contributed by atoms with Crippen LogP contribution in [0, 0.1) is 0 Å². The predicted molar refractivity (Wildman–Crippen MR) is 92.7 cm³/mol. The fraction of sp³-hybridized carbons (Fsp3) is 0.176. The van der Waals surface area contributed by atoms with Crippen LogP contribution in [-0.2, 0) is 0 Å². The van der Waals surface area contributed by atoms with E-state index in [0.717, 1.165) is 5.69 Å². The summed E-state index contributed by atoms with van der Waals surface area (Å²) in [5, 5.41) is 0. The lowest BCUT2D eigenvalue weighted by Crippen LogP contribution is -2.22. The lowest BCUT2D eigenvalue weighted by molar-refractivity contribution is 1.47.